The van der Waals surface area contributed by atoms with Crippen LogP contribution in [-0.2, 0) is 11.3 Å². The highest BCUT2D eigenvalue weighted by Gasteiger charge is 2.18. The zero-order chi connectivity index (χ0) is 19.4. The van der Waals surface area contributed by atoms with E-state index in [-0.39, 0.29) is 30.0 Å². The molecule has 8 nitrogen and oxygen atoms in total. The lowest BCUT2D eigenvalue weighted by Gasteiger charge is -2.11. The van der Waals surface area contributed by atoms with E-state index in [1.54, 1.807) is 19.1 Å². The topological polar surface area (TPSA) is 119 Å². The van der Waals surface area contributed by atoms with Gasteiger partial charge in [-0.15, -0.1) is 0 Å². The van der Waals surface area contributed by atoms with E-state index in [2.05, 4.69) is 32.2 Å². The van der Waals surface area contributed by atoms with E-state index in [0.717, 1.165) is 6.08 Å². The summed E-state index contributed by atoms with van der Waals surface area (Å²) in [4.78, 5) is 23.7. The second-order valence-electron chi connectivity index (χ2n) is 5.64. The predicted molar refractivity (Wildman–Crippen MR) is 98.4 cm³/mol. The second kappa shape index (κ2) is 7.65. The lowest BCUT2D eigenvalue weighted by atomic mass is 10.2. The molecule has 2 heterocycles. The molecule has 0 spiro atoms. The quantitative estimate of drug-likeness (QED) is 0.572. The van der Waals surface area contributed by atoms with E-state index < -0.39 is 0 Å². The molecule has 3 aromatic rings. The lowest BCUT2D eigenvalue weighted by molar-refractivity contribution is -0.116. The number of anilines is 3. The molecule has 0 radical (unpaired) electrons. The minimum atomic E-state index is -0.323. The molecule has 4 N–H and O–H groups in total. The van der Waals surface area contributed by atoms with Crippen LogP contribution in [0.3, 0.4) is 0 Å². The first-order chi connectivity index (χ1) is 13.0. The highest BCUT2D eigenvalue weighted by molar-refractivity contribution is 5.86. The van der Waals surface area contributed by atoms with Crippen LogP contribution in [-0.4, -0.2) is 20.9 Å². The maximum absolute atomic E-state index is 13.5. The normalized spacial score (nSPS) is 10.4. The van der Waals surface area contributed by atoms with E-state index in [0.29, 0.717) is 28.3 Å². The van der Waals surface area contributed by atoms with Gasteiger partial charge in [0.15, 0.2) is 0 Å². The number of nitrogens with zero attached hydrogens (tertiary/aromatic N) is 3. The Morgan fingerprint density at radius 2 is 2.22 bits per heavy atom. The van der Waals surface area contributed by atoms with Crippen LogP contribution in [0.1, 0.15) is 11.3 Å². The number of aryl methyl sites for hydroxylation is 1. The standard InChI is InChI=1S/C18H17FN6O2/c1-3-14(26)21-7-12-8-27-18(25-12)15-16(20)22-9-23-17(15)24-11-4-5-13(19)10(2)6-11/h3-6,8-9H,1,7H2,2H3,(H,21,26)(H3,20,22,23,24). The summed E-state index contributed by atoms with van der Waals surface area (Å²) < 4.78 is 18.9. The molecule has 27 heavy (non-hydrogen) atoms. The number of oxazole rings is 1. The van der Waals surface area contributed by atoms with Crippen molar-refractivity contribution in [1.82, 2.24) is 20.3 Å². The molecular weight excluding hydrogens is 351 g/mol. The van der Waals surface area contributed by atoms with Crippen molar-refractivity contribution in [2.45, 2.75) is 13.5 Å². The van der Waals surface area contributed by atoms with Crippen LogP contribution in [0, 0.1) is 12.7 Å². The van der Waals surface area contributed by atoms with Crippen LogP contribution < -0.4 is 16.4 Å². The third-order valence-corrected chi connectivity index (χ3v) is 3.69. The number of aromatic nitrogens is 3. The van der Waals surface area contributed by atoms with Crippen molar-refractivity contribution >= 4 is 23.2 Å². The van der Waals surface area contributed by atoms with Crippen LogP contribution in [0.5, 0.6) is 0 Å². The Labute approximate surface area is 154 Å². The van der Waals surface area contributed by atoms with Gasteiger partial charge >= 0.3 is 0 Å². The van der Waals surface area contributed by atoms with Gasteiger partial charge < -0.3 is 20.8 Å². The van der Waals surface area contributed by atoms with Crippen LogP contribution >= 0.6 is 0 Å². The van der Waals surface area contributed by atoms with Gasteiger partial charge in [0.1, 0.15) is 35.6 Å². The largest absolute Gasteiger partial charge is 0.444 e. The van der Waals surface area contributed by atoms with Gasteiger partial charge in [-0.25, -0.2) is 19.3 Å². The molecule has 0 aliphatic rings. The average molecular weight is 368 g/mol. The third-order valence-electron chi connectivity index (χ3n) is 3.69. The van der Waals surface area contributed by atoms with E-state index in [1.807, 2.05) is 0 Å². The number of benzene rings is 1. The van der Waals surface area contributed by atoms with Crippen molar-refractivity contribution < 1.29 is 13.6 Å². The van der Waals surface area contributed by atoms with Crippen LogP contribution in [0.15, 0.2) is 47.9 Å². The molecule has 2 aromatic heterocycles. The summed E-state index contributed by atoms with van der Waals surface area (Å²) in [5, 5.41) is 5.67. The Morgan fingerprint density at radius 1 is 1.41 bits per heavy atom. The zero-order valence-electron chi connectivity index (χ0n) is 14.5. The number of nitrogens with two attached hydrogens (primary N) is 1. The Morgan fingerprint density at radius 3 is 2.96 bits per heavy atom. The molecule has 0 saturated carbocycles. The average Bonchev–Trinajstić information content (AvgIpc) is 3.11. The van der Waals surface area contributed by atoms with Gasteiger partial charge in [-0.2, -0.15) is 0 Å². The molecular formula is C18H17FN6O2. The summed E-state index contributed by atoms with van der Waals surface area (Å²) in [6.45, 7) is 5.21. The summed E-state index contributed by atoms with van der Waals surface area (Å²) in [6, 6.07) is 4.58. The summed E-state index contributed by atoms with van der Waals surface area (Å²) in [5.41, 5.74) is 7.94. The fourth-order valence-electron chi connectivity index (χ4n) is 2.32. The van der Waals surface area contributed by atoms with Gasteiger partial charge in [0.05, 0.1) is 12.2 Å². The van der Waals surface area contributed by atoms with Crippen molar-refractivity contribution in [2.75, 3.05) is 11.1 Å². The van der Waals surface area contributed by atoms with Crippen molar-refractivity contribution in [3.8, 4) is 11.5 Å². The molecule has 3 rings (SSSR count). The fraction of sp³-hybridized carbons (Fsp3) is 0.111. The molecule has 0 saturated heterocycles. The minimum Gasteiger partial charge on any atom is -0.444 e. The van der Waals surface area contributed by atoms with Gasteiger partial charge in [-0.1, -0.05) is 6.58 Å². The number of halogens is 1. The van der Waals surface area contributed by atoms with Gasteiger partial charge in [-0.3, -0.25) is 4.79 Å². The van der Waals surface area contributed by atoms with Crippen LogP contribution in [0.25, 0.3) is 11.5 Å². The van der Waals surface area contributed by atoms with Crippen molar-refractivity contribution in [2.24, 2.45) is 0 Å². The minimum absolute atomic E-state index is 0.162. The Hall–Kier alpha value is -3.75. The molecule has 1 aromatic carbocycles. The second-order valence-corrected chi connectivity index (χ2v) is 5.64. The predicted octanol–water partition coefficient (Wildman–Crippen LogP) is 2.71. The van der Waals surface area contributed by atoms with E-state index >= 15 is 0 Å². The van der Waals surface area contributed by atoms with Gasteiger partial charge in [0.25, 0.3) is 0 Å². The molecule has 0 unspecified atom stereocenters. The number of nitrogens with one attached hydrogen (secondary N) is 2. The number of rotatable bonds is 6. The molecule has 1 amide bonds. The number of carbonyl (C=O) groups is 1. The zero-order valence-corrected chi connectivity index (χ0v) is 14.5. The fourth-order valence-corrected chi connectivity index (χ4v) is 2.32. The number of nitrogen functional groups attached to an aromatic ring is 1. The van der Waals surface area contributed by atoms with Crippen LogP contribution in [0.4, 0.5) is 21.7 Å². The SMILES string of the molecule is C=CC(=O)NCc1coc(-c2c(N)ncnc2Nc2ccc(F)c(C)c2)n1. The summed E-state index contributed by atoms with van der Waals surface area (Å²) in [7, 11) is 0. The van der Waals surface area contributed by atoms with Crippen molar-refractivity contribution in [3.05, 3.63) is 60.5 Å². The Balaban J connectivity index is 1.89. The monoisotopic (exact) mass is 368 g/mol. The molecule has 0 fully saturated rings. The summed E-state index contributed by atoms with van der Waals surface area (Å²) in [5.74, 6) is 0.0854. The van der Waals surface area contributed by atoms with Gasteiger partial charge in [0, 0.05) is 5.69 Å². The molecule has 0 atom stereocenters. The molecule has 0 aliphatic heterocycles. The van der Waals surface area contributed by atoms with Crippen molar-refractivity contribution in [1.29, 1.82) is 0 Å². The first-order valence-electron chi connectivity index (χ1n) is 7.96. The number of carbonyl (C=O) groups excluding carboxylic acids is 1. The number of amides is 1. The Bertz CT molecular complexity index is 1000. The van der Waals surface area contributed by atoms with Crippen molar-refractivity contribution in [3.63, 3.8) is 0 Å². The maximum Gasteiger partial charge on any atom is 0.243 e. The van der Waals surface area contributed by atoms with Gasteiger partial charge in [0.2, 0.25) is 11.8 Å². The van der Waals surface area contributed by atoms with E-state index in [4.69, 9.17) is 10.2 Å². The van der Waals surface area contributed by atoms with E-state index in [1.165, 1.54) is 18.7 Å². The highest BCUT2D eigenvalue weighted by Crippen LogP contribution is 2.32. The first kappa shape index (κ1) is 18.1. The molecule has 9 heteroatoms. The highest BCUT2D eigenvalue weighted by atomic mass is 19.1. The van der Waals surface area contributed by atoms with Gasteiger partial charge in [-0.05, 0) is 36.8 Å². The van der Waals surface area contributed by atoms with E-state index in [9.17, 15) is 9.18 Å². The van der Waals surface area contributed by atoms with Crippen LogP contribution in [0.2, 0.25) is 0 Å². The number of hydrogen-bond acceptors (Lipinski definition) is 7. The summed E-state index contributed by atoms with van der Waals surface area (Å²) >= 11 is 0. The third kappa shape index (κ3) is 4.09. The molecule has 0 aliphatic carbocycles. The summed E-state index contributed by atoms with van der Waals surface area (Å²) in [6.07, 6.45) is 3.86. The first-order valence-corrected chi connectivity index (χ1v) is 7.96. The molecule has 138 valence electrons. The molecule has 0 bridgehead atoms. The number of hydrogen-bond donors (Lipinski definition) is 3. The smallest absolute Gasteiger partial charge is 0.243 e. The lowest BCUT2D eigenvalue weighted by Crippen LogP contribution is -2.20. The Kier molecular flexibility index (Phi) is 5.11. The maximum atomic E-state index is 13.5.